The minimum Gasteiger partial charge on any atom is -0.397 e. The highest BCUT2D eigenvalue weighted by atomic mass is 35.5. The number of hydrogen-bond donors (Lipinski definition) is 2. The number of hydrogen-bond acceptors (Lipinski definition) is 3. The Kier molecular flexibility index (Phi) is 4.96. The fraction of sp³-hybridized carbons (Fsp3) is 0.200. The number of nitrogens with one attached hydrogen (secondary N) is 1. The number of halogens is 1. The lowest BCUT2D eigenvalue weighted by Crippen LogP contribution is -2.12. The quantitative estimate of drug-likeness (QED) is 0.887. The Morgan fingerprint density at radius 2 is 1.95 bits per heavy atom. The van der Waals surface area contributed by atoms with Crippen LogP contribution in [0.1, 0.15) is 18.4 Å². The summed E-state index contributed by atoms with van der Waals surface area (Å²) < 4.78 is 0. The normalized spacial score (nSPS) is 10.2. The van der Waals surface area contributed by atoms with E-state index in [1.807, 2.05) is 24.3 Å². The van der Waals surface area contributed by atoms with Gasteiger partial charge in [-0.3, -0.25) is 4.79 Å². The van der Waals surface area contributed by atoms with E-state index >= 15 is 0 Å². The summed E-state index contributed by atoms with van der Waals surface area (Å²) in [6.07, 6.45) is 3.60. The molecule has 1 heterocycles. The molecule has 0 bridgehead atoms. The summed E-state index contributed by atoms with van der Waals surface area (Å²) >= 11 is 5.82. The van der Waals surface area contributed by atoms with Gasteiger partial charge in [0.15, 0.2) is 0 Å². The molecule has 0 aliphatic heterocycles. The minimum absolute atomic E-state index is 0.0452. The van der Waals surface area contributed by atoms with Crippen molar-refractivity contribution >= 4 is 29.0 Å². The lowest BCUT2D eigenvalue weighted by Gasteiger charge is -2.05. The van der Waals surface area contributed by atoms with Gasteiger partial charge in [-0.05, 0) is 42.7 Å². The van der Waals surface area contributed by atoms with Crippen molar-refractivity contribution < 1.29 is 4.79 Å². The van der Waals surface area contributed by atoms with Crippen LogP contribution in [0, 0.1) is 0 Å². The SMILES string of the molecule is Nc1ccc(NC(=O)CCCc2ccc(Cl)cc2)nc1. The van der Waals surface area contributed by atoms with Crippen molar-refractivity contribution in [2.45, 2.75) is 19.3 Å². The molecule has 2 rings (SSSR count). The Morgan fingerprint density at radius 1 is 1.20 bits per heavy atom. The van der Waals surface area contributed by atoms with Gasteiger partial charge in [0.05, 0.1) is 11.9 Å². The summed E-state index contributed by atoms with van der Waals surface area (Å²) in [5.74, 6) is 0.479. The summed E-state index contributed by atoms with van der Waals surface area (Å²) in [5.41, 5.74) is 7.28. The summed E-state index contributed by atoms with van der Waals surface area (Å²) in [5, 5.41) is 3.46. The second-order valence-electron chi connectivity index (χ2n) is 4.50. The number of nitrogens with zero attached hydrogens (tertiary/aromatic N) is 1. The van der Waals surface area contributed by atoms with Crippen LogP contribution in [0.4, 0.5) is 11.5 Å². The van der Waals surface area contributed by atoms with Crippen molar-refractivity contribution in [2.75, 3.05) is 11.1 Å². The van der Waals surface area contributed by atoms with Crippen LogP contribution in [0.5, 0.6) is 0 Å². The summed E-state index contributed by atoms with van der Waals surface area (Å²) in [4.78, 5) is 15.8. The Morgan fingerprint density at radius 3 is 2.60 bits per heavy atom. The van der Waals surface area contributed by atoms with Gasteiger partial charge in [0, 0.05) is 11.4 Å². The minimum atomic E-state index is -0.0452. The molecule has 0 radical (unpaired) electrons. The average Bonchev–Trinajstić information content (AvgIpc) is 2.44. The van der Waals surface area contributed by atoms with E-state index in [-0.39, 0.29) is 5.91 Å². The molecule has 0 spiro atoms. The van der Waals surface area contributed by atoms with Gasteiger partial charge in [-0.15, -0.1) is 0 Å². The van der Waals surface area contributed by atoms with E-state index in [1.165, 1.54) is 11.8 Å². The molecule has 4 nitrogen and oxygen atoms in total. The van der Waals surface area contributed by atoms with Gasteiger partial charge in [-0.2, -0.15) is 0 Å². The maximum atomic E-state index is 11.7. The number of aromatic nitrogens is 1. The van der Waals surface area contributed by atoms with Crippen LogP contribution in [-0.4, -0.2) is 10.9 Å². The number of rotatable bonds is 5. The lowest BCUT2D eigenvalue weighted by atomic mass is 10.1. The molecule has 2 aromatic rings. The number of anilines is 2. The Hall–Kier alpha value is -2.07. The maximum absolute atomic E-state index is 11.7. The highest BCUT2D eigenvalue weighted by Gasteiger charge is 2.03. The van der Waals surface area contributed by atoms with Crippen LogP contribution in [-0.2, 0) is 11.2 Å². The number of carbonyl (C=O) groups excluding carboxylic acids is 1. The third-order valence-electron chi connectivity index (χ3n) is 2.84. The fourth-order valence-electron chi connectivity index (χ4n) is 1.79. The molecule has 0 atom stereocenters. The van der Waals surface area contributed by atoms with Gasteiger partial charge in [-0.1, -0.05) is 23.7 Å². The van der Waals surface area contributed by atoms with Crippen molar-refractivity contribution in [2.24, 2.45) is 0 Å². The zero-order chi connectivity index (χ0) is 14.4. The van der Waals surface area contributed by atoms with Crippen molar-refractivity contribution in [3.05, 3.63) is 53.2 Å². The van der Waals surface area contributed by atoms with Gasteiger partial charge in [-0.25, -0.2) is 4.98 Å². The van der Waals surface area contributed by atoms with E-state index in [2.05, 4.69) is 10.3 Å². The molecule has 0 saturated heterocycles. The molecule has 0 aliphatic rings. The monoisotopic (exact) mass is 289 g/mol. The van der Waals surface area contributed by atoms with E-state index in [0.717, 1.165) is 17.9 Å². The molecule has 5 heteroatoms. The van der Waals surface area contributed by atoms with Gasteiger partial charge < -0.3 is 11.1 Å². The largest absolute Gasteiger partial charge is 0.397 e. The number of amides is 1. The zero-order valence-electron chi connectivity index (χ0n) is 11.0. The maximum Gasteiger partial charge on any atom is 0.225 e. The number of aryl methyl sites for hydroxylation is 1. The number of benzene rings is 1. The van der Waals surface area contributed by atoms with E-state index in [0.29, 0.717) is 17.9 Å². The van der Waals surface area contributed by atoms with E-state index in [9.17, 15) is 4.79 Å². The van der Waals surface area contributed by atoms with Crippen molar-refractivity contribution in [3.8, 4) is 0 Å². The average molecular weight is 290 g/mol. The topological polar surface area (TPSA) is 68.0 Å². The third-order valence-corrected chi connectivity index (χ3v) is 3.09. The molecule has 0 unspecified atom stereocenters. The molecule has 1 aromatic heterocycles. The Labute approximate surface area is 123 Å². The van der Waals surface area contributed by atoms with Crippen molar-refractivity contribution in [1.29, 1.82) is 0 Å². The molecule has 3 N–H and O–H groups in total. The second kappa shape index (κ2) is 6.91. The summed E-state index contributed by atoms with van der Waals surface area (Å²) in [7, 11) is 0. The highest BCUT2D eigenvalue weighted by molar-refractivity contribution is 6.30. The molecule has 20 heavy (non-hydrogen) atoms. The van der Waals surface area contributed by atoms with Crippen molar-refractivity contribution in [3.63, 3.8) is 0 Å². The van der Waals surface area contributed by atoms with Gasteiger partial charge in [0.1, 0.15) is 5.82 Å². The predicted octanol–water partition coefficient (Wildman–Crippen LogP) is 3.28. The molecule has 0 fully saturated rings. The predicted molar refractivity (Wildman–Crippen MR) is 81.7 cm³/mol. The van der Waals surface area contributed by atoms with Gasteiger partial charge in [0.25, 0.3) is 0 Å². The van der Waals surface area contributed by atoms with Crippen LogP contribution in [0.3, 0.4) is 0 Å². The van der Waals surface area contributed by atoms with Gasteiger partial charge >= 0.3 is 0 Å². The first-order chi connectivity index (χ1) is 9.63. The Bertz CT molecular complexity index is 567. The molecular formula is C15H16ClN3O. The first-order valence-corrected chi connectivity index (χ1v) is 6.77. The van der Waals surface area contributed by atoms with E-state index in [4.69, 9.17) is 17.3 Å². The van der Waals surface area contributed by atoms with Crippen molar-refractivity contribution in [1.82, 2.24) is 4.98 Å². The molecular weight excluding hydrogens is 274 g/mol. The second-order valence-corrected chi connectivity index (χ2v) is 4.94. The highest BCUT2D eigenvalue weighted by Crippen LogP contribution is 2.12. The molecule has 1 aromatic carbocycles. The Balaban J connectivity index is 1.75. The van der Waals surface area contributed by atoms with E-state index < -0.39 is 0 Å². The third kappa shape index (κ3) is 4.55. The summed E-state index contributed by atoms with van der Waals surface area (Å²) in [6.45, 7) is 0. The standard InChI is InChI=1S/C15H16ClN3O/c16-12-6-4-11(5-7-12)2-1-3-15(20)19-14-9-8-13(17)10-18-14/h4-10H,1-3,17H2,(H,18,19,20). The zero-order valence-corrected chi connectivity index (χ0v) is 11.7. The molecule has 104 valence electrons. The van der Waals surface area contributed by atoms with Crippen LogP contribution in [0.25, 0.3) is 0 Å². The smallest absolute Gasteiger partial charge is 0.225 e. The molecule has 0 aliphatic carbocycles. The molecule has 1 amide bonds. The summed E-state index contributed by atoms with van der Waals surface area (Å²) in [6, 6.07) is 11.1. The van der Waals surface area contributed by atoms with Crippen LogP contribution in [0.2, 0.25) is 5.02 Å². The molecule has 0 saturated carbocycles. The number of carbonyl (C=O) groups is 1. The van der Waals surface area contributed by atoms with Crippen LogP contribution < -0.4 is 11.1 Å². The number of nitrogens with two attached hydrogens (primary N) is 1. The first-order valence-electron chi connectivity index (χ1n) is 6.39. The first kappa shape index (κ1) is 14.3. The van der Waals surface area contributed by atoms with Gasteiger partial charge in [0.2, 0.25) is 5.91 Å². The van der Waals surface area contributed by atoms with Crippen LogP contribution in [0.15, 0.2) is 42.6 Å². The number of nitrogen functional groups attached to an aromatic ring is 1. The fourth-order valence-corrected chi connectivity index (χ4v) is 1.91. The lowest BCUT2D eigenvalue weighted by molar-refractivity contribution is -0.116. The number of pyridine rings is 1. The van der Waals surface area contributed by atoms with Crippen LogP contribution >= 0.6 is 11.6 Å². The van der Waals surface area contributed by atoms with E-state index in [1.54, 1.807) is 12.1 Å².